The molecule has 6 nitrogen and oxygen atoms in total. The van der Waals surface area contributed by atoms with Crippen LogP contribution in [-0.4, -0.2) is 24.2 Å². The van der Waals surface area contributed by atoms with E-state index >= 15 is 0 Å². The van der Waals surface area contributed by atoms with Crippen molar-refractivity contribution < 1.29 is 19.1 Å². The van der Waals surface area contributed by atoms with Crippen molar-refractivity contribution in [1.82, 2.24) is 10.9 Å². The summed E-state index contributed by atoms with van der Waals surface area (Å²) in [6.07, 6.45) is 0.860. The van der Waals surface area contributed by atoms with Gasteiger partial charge in [0.2, 0.25) is 5.91 Å². The zero-order chi connectivity index (χ0) is 20.5. The first-order chi connectivity index (χ1) is 13.4. The molecule has 28 heavy (non-hydrogen) atoms. The van der Waals surface area contributed by atoms with Crippen LogP contribution in [0.4, 0.5) is 0 Å². The van der Waals surface area contributed by atoms with Crippen molar-refractivity contribution in [2.45, 2.75) is 40.0 Å². The number of nitrogens with one attached hydrogen (secondary N) is 2. The summed E-state index contributed by atoms with van der Waals surface area (Å²) in [4.78, 5) is 35.9. The zero-order valence-electron chi connectivity index (χ0n) is 16.5. The van der Waals surface area contributed by atoms with Crippen LogP contribution >= 0.6 is 0 Å². The molecule has 2 amide bonds. The topological polar surface area (TPSA) is 84.5 Å². The van der Waals surface area contributed by atoms with Gasteiger partial charge in [-0.1, -0.05) is 37.3 Å². The number of carbonyl (C=O) groups is 3. The van der Waals surface area contributed by atoms with Gasteiger partial charge >= 0.3 is 0 Å². The van der Waals surface area contributed by atoms with Crippen molar-refractivity contribution in [3.05, 3.63) is 64.7 Å². The molecule has 6 heteroatoms. The summed E-state index contributed by atoms with van der Waals surface area (Å²) < 4.78 is 5.48. The summed E-state index contributed by atoms with van der Waals surface area (Å²) in [6.45, 7) is 5.71. The Morgan fingerprint density at radius 1 is 0.893 bits per heavy atom. The molecule has 2 N–H and O–H groups in total. The fourth-order valence-electron chi connectivity index (χ4n) is 2.60. The molecule has 148 valence electrons. The third kappa shape index (κ3) is 6.23. The third-order valence-electron chi connectivity index (χ3n) is 4.46. The minimum atomic E-state index is -0.472. The summed E-state index contributed by atoms with van der Waals surface area (Å²) in [5.41, 5.74) is 8.34. The minimum Gasteiger partial charge on any atom is -0.483 e. The quantitative estimate of drug-likeness (QED) is 0.543. The number of hydrazine groups is 1. The van der Waals surface area contributed by atoms with E-state index < -0.39 is 11.8 Å². The van der Waals surface area contributed by atoms with Crippen LogP contribution in [-0.2, 0) is 16.0 Å². The van der Waals surface area contributed by atoms with E-state index in [0.29, 0.717) is 11.3 Å². The molecule has 0 fully saturated rings. The Morgan fingerprint density at radius 2 is 1.61 bits per heavy atom. The average Bonchev–Trinajstić information content (AvgIpc) is 2.71. The monoisotopic (exact) mass is 382 g/mol. The molecule has 0 unspecified atom stereocenters. The molecule has 0 aliphatic heterocycles. The van der Waals surface area contributed by atoms with Gasteiger partial charge in [-0.15, -0.1) is 0 Å². The Morgan fingerprint density at radius 3 is 2.32 bits per heavy atom. The number of rotatable bonds is 8. The van der Waals surface area contributed by atoms with Gasteiger partial charge in [0.1, 0.15) is 5.75 Å². The smallest absolute Gasteiger partial charge is 0.276 e. The van der Waals surface area contributed by atoms with E-state index in [1.807, 2.05) is 51.1 Å². The Kier molecular flexibility index (Phi) is 7.75. The summed E-state index contributed by atoms with van der Waals surface area (Å²) in [7, 11) is 0. The number of aryl methyl sites for hydroxylation is 3. The van der Waals surface area contributed by atoms with Crippen molar-refractivity contribution in [3.63, 3.8) is 0 Å². The lowest BCUT2D eigenvalue weighted by atomic mass is 10.0. The lowest BCUT2D eigenvalue weighted by molar-refractivity contribution is -0.130. The van der Waals surface area contributed by atoms with Crippen LogP contribution in [0.5, 0.6) is 5.75 Å². The lowest BCUT2D eigenvalue weighted by Crippen LogP contribution is -2.43. The highest BCUT2D eigenvalue weighted by Gasteiger charge is 2.11. The number of para-hydroxylation sites is 1. The first-order valence-corrected chi connectivity index (χ1v) is 9.29. The highest BCUT2D eigenvalue weighted by Crippen LogP contribution is 2.18. The Hall–Kier alpha value is -3.15. The molecule has 0 aliphatic rings. The van der Waals surface area contributed by atoms with Crippen LogP contribution in [0.2, 0.25) is 0 Å². The second-order valence-corrected chi connectivity index (χ2v) is 6.57. The molecule has 2 aromatic rings. The first-order valence-electron chi connectivity index (χ1n) is 9.29. The van der Waals surface area contributed by atoms with Gasteiger partial charge in [-0.3, -0.25) is 25.2 Å². The first kappa shape index (κ1) is 21.2. The van der Waals surface area contributed by atoms with Crippen LogP contribution in [0.15, 0.2) is 42.5 Å². The molecular weight excluding hydrogens is 356 g/mol. The number of ether oxygens (including phenoxy) is 1. The van der Waals surface area contributed by atoms with Gasteiger partial charge < -0.3 is 4.74 Å². The molecule has 0 heterocycles. The molecule has 0 spiro atoms. The van der Waals surface area contributed by atoms with E-state index in [0.717, 1.165) is 23.1 Å². The van der Waals surface area contributed by atoms with Gasteiger partial charge in [0, 0.05) is 18.4 Å². The number of amides is 2. The Labute approximate surface area is 165 Å². The third-order valence-corrected chi connectivity index (χ3v) is 4.46. The van der Waals surface area contributed by atoms with Gasteiger partial charge in [0.05, 0.1) is 0 Å². The number of benzene rings is 2. The van der Waals surface area contributed by atoms with Crippen molar-refractivity contribution in [3.8, 4) is 5.75 Å². The predicted molar refractivity (Wildman–Crippen MR) is 107 cm³/mol. The summed E-state index contributed by atoms with van der Waals surface area (Å²) in [6, 6.07) is 12.9. The predicted octanol–water partition coefficient (Wildman–Crippen LogP) is 3.06. The molecule has 2 aromatic carbocycles. The lowest BCUT2D eigenvalue weighted by Gasteiger charge is -2.11. The molecular formula is C22H26N2O4. The molecule has 0 atom stereocenters. The van der Waals surface area contributed by atoms with Crippen LogP contribution < -0.4 is 15.6 Å². The molecule has 2 rings (SSSR count). The maximum absolute atomic E-state index is 12.2. The van der Waals surface area contributed by atoms with Gasteiger partial charge in [-0.25, -0.2) is 0 Å². The van der Waals surface area contributed by atoms with Crippen LogP contribution in [0.1, 0.15) is 46.8 Å². The van der Waals surface area contributed by atoms with E-state index in [2.05, 4.69) is 10.9 Å². The molecule has 0 aliphatic carbocycles. The minimum absolute atomic E-state index is 0.00837. The van der Waals surface area contributed by atoms with Gasteiger partial charge in [-0.05, 0) is 49.1 Å². The normalized spacial score (nSPS) is 10.2. The maximum Gasteiger partial charge on any atom is 0.276 e. The standard InChI is InChI=1S/C22H26N2O4/c1-4-17-7-5-6-8-20(17)28-14-22(27)24-23-21(26)12-11-19(25)18-10-9-15(2)16(3)13-18/h5-10,13H,4,11-12,14H2,1-3H3,(H,23,26)(H,24,27). The fraction of sp³-hybridized carbons (Fsp3) is 0.318. The van der Waals surface area contributed by atoms with Crippen LogP contribution in [0.25, 0.3) is 0 Å². The number of carbonyl (C=O) groups excluding carboxylic acids is 3. The zero-order valence-corrected chi connectivity index (χ0v) is 16.5. The molecule has 0 saturated heterocycles. The molecule has 0 bridgehead atoms. The highest BCUT2D eigenvalue weighted by molar-refractivity contribution is 5.98. The van der Waals surface area contributed by atoms with Crippen molar-refractivity contribution in [2.75, 3.05) is 6.61 Å². The molecule has 0 radical (unpaired) electrons. The second kappa shape index (κ2) is 10.3. The van der Waals surface area contributed by atoms with E-state index in [1.165, 1.54) is 0 Å². The van der Waals surface area contributed by atoms with Crippen molar-refractivity contribution >= 4 is 17.6 Å². The Bertz CT molecular complexity index is 861. The molecule has 0 aromatic heterocycles. The number of ketones is 1. The van der Waals surface area contributed by atoms with Crippen LogP contribution in [0, 0.1) is 13.8 Å². The van der Waals surface area contributed by atoms with Gasteiger partial charge in [0.15, 0.2) is 12.4 Å². The van der Waals surface area contributed by atoms with Gasteiger partial charge in [0.25, 0.3) is 5.91 Å². The summed E-state index contributed by atoms with van der Waals surface area (Å²) >= 11 is 0. The number of hydrogen-bond donors (Lipinski definition) is 2. The largest absolute Gasteiger partial charge is 0.483 e. The van der Waals surface area contributed by atoms with E-state index in [4.69, 9.17) is 4.74 Å². The van der Waals surface area contributed by atoms with Crippen molar-refractivity contribution in [2.24, 2.45) is 0 Å². The van der Waals surface area contributed by atoms with Crippen LogP contribution in [0.3, 0.4) is 0 Å². The van der Waals surface area contributed by atoms with Crippen molar-refractivity contribution in [1.29, 1.82) is 0 Å². The van der Waals surface area contributed by atoms with E-state index in [1.54, 1.807) is 12.1 Å². The average molecular weight is 382 g/mol. The maximum atomic E-state index is 12.2. The highest BCUT2D eigenvalue weighted by atomic mass is 16.5. The number of Topliss-reactive ketones (excluding diaryl/α,β-unsaturated/α-hetero) is 1. The van der Waals surface area contributed by atoms with Gasteiger partial charge in [-0.2, -0.15) is 0 Å². The second-order valence-electron chi connectivity index (χ2n) is 6.57. The number of hydrogen-bond acceptors (Lipinski definition) is 4. The Balaban J connectivity index is 1.72. The SMILES string of the molecule is CCc1ccccc1OCC(=O)NNC(=O)CCC(=O)c1ccc(C)c(C)c1. The summed E-state index contributed by atoms with van der Waals surface area (Å²) in [5.74, 6) is -0.367. The summed E-state index contributed by atoms with van der Waals surface area (Å²) in [5, 5.41) is 0. The van der Waals surface area contributed by atoms with E-state index in [9.17, 15) is 14.4 Å². The molecule has 0 saturated carbocycles. The fourth-order valence-corrected chi connectivity index (χ4v) is 2.60. The van der Waals surface area contributed by atoms with E-state index in [-0.39, 0.29) is 25.2 Å².